The molecule has 0 unspecified atom stereocenters. The fraction of sp³-hybridized carbons (Fsp3) is 0.235. The minimum atomic E-state index is 0.186. The van der Waals surface area contributed by atoms with Gasteiger partial charge in [0.05, 0.1) is 7.11 Å². The monoisotopic (exact) mass is 332 g/mol. The van der Waals surface area contributed by atoms with Crippen LogP contribution in [0.2, 0.25) is 0 Å². The number of methoxy groups -OCH3 is 1. The van der Waals surface area contributed by atoms with E-state index in [0.717, 1.165) is 33.3 Å². The van der Waals surface area contributed by atoms with Crippen molar-refractivity contribution in [2.45, 2.75) is 19.8 Å². The number of rotatable bonds is 5. The number of carbonyl (C=O) groups is 1. The summed E-state index contributed by atoms with van der Waals surface area (Å²) in [7, 11) is 1.65. The molecule has 0 aliphatic carbocycles. The average molecular weight is 333 g/mol. The standard InChI is InChI=1S/C17H17BrO2/c1-12-11-14(18)6-9-16(12)17(19)10-5-13-3-7-15(20-2)8-4-13/h3-4,6-9,11H,5,10H2,1-2H3. The third-order valence-corrected chi connectivity index (χ3v) is 3.78. The van der Waals surface area contributed by atoms with Crippen molar-refractivity contribution in [1.29, 1.82) is 0 Å². The molecular formula is C17H17BrO2. The quantitative estimate of drug-likeness (QED) is 0.749. The van der Waals surface area contributed by atoms with Gasteiger partial charge < -0.3 is 4.74 Å². The van der Waals surface area contributed by atoms with Crippen LogP contribution in [0.5, 0.6) is 5.75 Å². The first kappa shape index (κ1) is 14.8. The van der Waals surface area contributed by atoms with Crippen molar-refractivity contribution in [2.75, 3.05) is 7.11 Å². The lowest BCUT2D eigenvalue weighted by Gasteiger charge is -2.06. The second-order valence-electron chi connectivity index (χ2n) is 4.73. The third-order valence-electron chi connectivity index (χ3n) is 3.29. The van der Waals surface area contributed by atoms with Gasteiger partial charge in [-0.15, -0.1) is 0 Å². The topological polar surface area (TPSA) is 26.3 Å². The largest absolute Gasteiger partial charge is 0.497 e. The number of hydrogen-bond donors (Lipinski definition) is 0. The molecule has 0 aliphatic heterocycles. The highest BCUT2D eigenvalue weighted by Gasteiger charge is 2.09. The molecule has 0 fully saturated rings. The van der Waals surface area contributed by atoms with Gasteiger partial charge in [0.15, 0.2) is 5.78 Å². The second-order valence-corrected chi connectivity index (χ2v) is 5.65. The summed E-state index contributed by atoms with van der Waals surface area (Å²) < 4.78 is 6.12. The number of aryl methyl sites for hydroxylation is 2. The van der Waals surface area contributed by atoms with Crippen molar-refractivity contribution in [2.24, 2.45) is 0 Å². The van der Waals surface area contributed by atoms with E-state index < -0.39 is 0 Å². The van der Waals surface area contributed by atoms with Gasteiger partial charge in [0.25, 0.3) is 0 Å². The van der Waals surface area contributed by atoms with Crippen LogP contribution in [0.15, 0.2) is 46.9 Å². The summed E-state index contributed by atoms with van der Waals surface area (Å²) >= 11 is 3.41. The van der Waals surface area contributed by atoms with Crippen molar-refractivity contribution in [3.8, 4) is 5.75 Å². The number of carbonyl (C=O) groups excluding carboxylic acids is 1. The first-order chi connectivity index (χ1) is 9.60. The van der Waals surface area contributed by atoms with Crippen molar-refractivity contribution in [3.63, 3.8) is 0 Å². The van der Waals surface area contributed by atoms with Crippen LogP contribution in [0, 0.1) is 6.92 Å². The summed E-state index contributed by atoms with van der Waals surface area (Å²) in [6.45, 7) is 1.96. The third kappa shape index (κ3) is 3.70. The lowest BCUT2D eigenvalue weighted by atomic mass is 9.99. The van der Waals surface area contributed by atoms with Gasteiger partial charge in [-0.2, -0.15) is 0 Å². The van der Waals surface area contributed by atoms with Crippen molar-refractivity contribution < 1.29 is 9.53 Å². The Balaban J connectivity index is 2.00. The highest BCUT2D eigenvalue weighted by Crippen LogP contribution is 2.19. The Kier molecular flexibility index (Phi) is 4.96. The molecule has 20 heavy (non-hydrogen) atoms. The molecule has 0 aromatic heterocycles. The molecule has 0 heterocycles. The molecular weight excluding hydrogens is 316 g/mol. The van der Waals surface area contributed by atoms with E-state index in [4.69, 9.17) is 4.74 Å². The summed E-state index contributed by atoms with van der Waals surface area (Å²) in [4.78, 5) is 12.2. The minimum Gasteiger partial charge on any atom is -0.497 e. The Morgan fingerprint density at radius 1 is 1.15 bits per heavy atom. The summed E-state index contributed by atoms with van der Waals surface area (Å²) in [6, 6.07) is 13.6. The predicted octanol–water partition coefficient (Wildman–Crippen LogP) is 4.58. The Morgan fingerprint density at radius 3 is 2.45 bits per heavy atom. The number of hydrogen-bond acceptors (Lipinski definition) is 2. The smallest absolute Gasteiger partial charge is 0.163 e. The van der Waals surface area contributed by atoms with Crippen LogP contribution in [0.25, 0.3) is 0 Å². The molecule has 2 nitrogen and oxygen atoms in total. The maximum Gasteiger partial charge on any atom is 0.163 e. The van der Waals surface area contributed by atoms with Crippen LogP contribution >= 0.6 is 15.9 Å². The van der Waals surface area contributed by atoms with Crippen molar-refractivity contribution in [1.82, 2.24) is 0 Å². The molecule has 104 valence electrons. The molecule has 0 spiro atoms. The molecule has 0 saturated carbocycles. The van der Waals surface area contributed by atoms with Crippen LogP contribution in [0.1, 0.15) is 27.9 Å². The molecule has 0 bridgehead atoms. The Hall–Kier alpha value is -1.61. The molecule has 0 atom stereocenters. The van der Waals surface area contributed by atoms with Gasteiger partial charge in [0.2, 0.25) is 0 Å². The maximum absolute atomic E-state index is 12.2. The summed E-state index contributed by atoms with van der Waals surface area (Å²) in [6.07, 6.45) is 1.27. The molecule has 3 heteroatoms. The zero-order valence-electron chi connectivity index (χ0n) is 11.7. The highest BCUT2D eigenvalue weighted by molar-refractivity contribution is 9.10. The zero-order valence-corrected chi connectivity index (χ0v) is 13.2. The summed E-state index contributed by atoms with van der Waals surface area (Å²) in [5, 5.41) is 0. The van der Waals surface area contributed by atoms with E-state index in [1.54, 1.807) is 7.11 Å². The van der Waals surface area contributed by atoms with Gasteiger partial charge in [0, 0.05) is 16.5 Å². The van der Waals surface area contributed by atoms with Crippen molar-refractivity contribution >= 4 is 21.7 Å². The lowest BCUT2D eigenvalue weighted by Crippen LogP contribution is -2.03. The van der Waals surface area contributed by atoms with Crippen molar-refractivity contribution in [3.05, 3.63) is 63.6 Å². The van der Waals surface area contributed by atoms with Gasteiger partial charge in [0.1, 0.15) is 5.75 Å². The van der Waals surface area contributed by atoms with Gasteiger partial charge in [-0.05, 0) is 48.7 Å². The Labute approximate surface area is 127 Å². The number of ether oxygens (including phenoxy) is 1. The normalized spacial score (nSPS) is 10.3. The molecule has 0 N–H and O–H groups in total. The molecule has 0 aliphatic rings. The van der Waals surface area contributed by atoms with Gasteiger partial charge in [-0.3, -0.25) is 4.79 Å². The Bertz CT molecular complexity index is 603. The number of Topliss-reactive ketones (excluding diaryl/α,β-unsaturated/α-hetero) is 1. The van der Waals surface area contributed by atoms with Gasteiger partial charge in [-0.1, -0.05) is 34.1 Å². The lowest BCUT2D eigenvalue weighted by molar-refractivity contribution is 0.0982. The van der Waals surface area contributed by atoms with Crippen LogP contribution in [0.3, 0.4) is 0 Å². The first-order valence-corrected chi connectivity index (χ1v) is 7.31. The molecule has 2 rings (SSSR count). The van der Waals surface area contributed by atoms with E-state index in [9.17, 15) is 4.79 Å². The molecule has 0 radical (unpaired) electrons. The second kappa shape index (κ2) is 6.71. The van der Waals surface area contributed by atoms with Crippen LogP contribution in [0.4, 0.5) is 0 Å². The van der Waals surface area contributed by atoms with E-state index in [1.165, 1.54) is 0 Å². The number of halogens is 1. The fourth-order valence-electron chi connectivity index (χ4n) is 2.12. The van der Waals surface area contributed by atoms with E-state index in [2.05, 4.69) is 15.9 Å². The van der Waals surface area contributed by atoms with Crippen LogP contribution in [-0.4, -0.2) is 12.9 Å². The van der Waals surface area contributed by atoms with E-state index in [1.807, 2.05) is 49.4 Å². The SMILES string of the molecule is COc1ccc(CCC(=O)c2ccc(Br)cc2C)cc1. The first-order valence-electron chi connectivity index (χ1n) is 6.52. The Morgan fingerprint density at radius 2 is 1.85 bits per heavy atom. The summed E-state index contributed by atoms with van der Waals surface area (Å²) in [5.41, 5.74) is 2.97. The van der Waals surface area contributed by atoms with Gasteiger partial charge in [-0.25, -0.2) is 0 Å². The molecule has 2 aromatic carbocycles. The number of benzene rings is 2. The zero-order chi connectivity index (χ0) is 14.5. The van der Waals surface area contributed by atoms with Crippen LogP contribution < -0.4 is 4.74 Å². The van der Waals surface area contributed by atoms with E-state index in [-0.39, 0.29) is 5.78 Å². The predicted molar refractivity (Wildman–Crippen MR) is 84.5 cm³/mol. The molecule has 0 amide bonds. The maximum atomic E-state index is 12.2. The number of ketones is 1. The molecule has 0 saturated heterocycles. The average Bonchev–Trinajstić information content (AvgIpc) is 2.45. The summed E-state index contributed by atoms with van der Waals surface area (Å²) in [5.74, 6) is 1.02. The van der Waals surface area contributed by atoms with E-state index in [0.29, 0.717) is 6.42 Å². The van der Waals surface area contributed by atoms with Crippen LogP contribution in [-0.2, 0) is 6.42 Å². The van der Waals surface area contributed by atoms with E-state index >= 15 is 0 Å². The fourth-order valence-corrected chi connectivity index (χ4v) is 2.60. The highest BCUT2D eigenvalue weighted by atomic mass is 79.9. The van der Waals surface area contributed by atoms with Gasteiger partial charge >= 0.3 is 0 Å². The minimum absolute atomic E-state index is 0.186. The molecule has 2 aromatic rings.